The molecule has 1 heterocycles. The maximum absolute atomic E-state index is 12.9. The highest BCUT2D eigenvalue weighted by Crippen LogP contribution is 2.38. The van der Waals surface area contributed by atoms with Gasteiger partial charge in [-0.05, 0) is 47.0 Å². The fourth-order valence-electron chi connectivity index (χ4n) is 2.47. The first-order valence-corrected chi connectivity index (χ1v) is 4.77. The molecule has 0 aromatic heterocycles. The number of carbonyl (C=O) groups is 1. The molecule has 1 fully saturated rings. The SMILES string of the molecule is CC1(C)CCCC(C)(C)N1C(=O)F. The van der Waals surface area contributed by atoms with E-state index in [0.717, 1.165) is 19.3 Å². The minimum absolute atomic E-state index is 0.340. The van der Waals surface area contributed by atoms with Gasteiger partial charge in [0.15, 0.2) is 0 Å². The molecule has 0 saturated carbocycles. The first-order valence-electron chi connectivity index (χ1n) is 4.77. The Kier molecular flexibility index (Phi) is 2.39. The number of hydrogen-bond acceptors (Lipinski definition) is 1. The zero-order valence-electron chi connectivity index (χ0n) is 8.85. The number of piperidine rings is 1. The summed E-state index contributed by atoms with van der Waals surface area (Å²) in [5.41, 5.74) is -0.679. The first kappa shape index (κ1) is 10.5. The third kappa shape index (κ3) is 1.84. The van der Waals surface area contributed by atoms with Crippen LogP contribution in [-0.4, -0.2) is 22.1 Å². The Hall–Kier alpha value is -0.600. The van der Waals surface area contributed by atoms with Crippen molar-refractivity contribution in [2.45, 2.75) is 58.0 Å². The van der Waals surface area contributed by atoms with E-state index in [1.165, 1.54) is 4.90 Å². The monoisotopic (exact) mass is 187 g/mol. The van der Waals surface area contributed by atoms with E-state index < -0.39 is 6.16 Å². The molecule has 2 nitrogen and oxygen atoms in total. The lowest BCUT2D eigenvalue weighted by Crippen LogP contribution is -2.59. The summed E-state index contributed by atoms with van der Waals surface area (Å²) >= 11 is 0. The van der Waals surface area contributed by atoms with Crippen molar-refractivity contribution >= 4 is 6.16 Å². The van der Waals surface area contributed by atoms with Crippen molar-refractivity contribution < 1.29 is 9.18 Å². The van der Waals surface area contributed by atoms with Gasteiger partial charge < -0.3 is 4.90 Å². The Balaban J connectivity index is 2.98. The summed E-state index contributed by atoms with van der Waals surface area (Å²) in [5, 5.41) is 0. The highest BCUT2D eigenvalue weighted by molar-refractivity contribution is 5.68. The van der Waals surface area contributed by atoms with Crippen LogP contribution in [0.4, 0.5) is 9.18 Å². The van der Waals surface area contributed by atoms with E-state index >= 15 is 0 Å². The summed E-state index contributed by atoms with van der Waals surface area (Å²) in [6.07, 6.45) is 1.52. The number of likely N-dealkylation sites (tertiary alicyclic amines) is 1. The molecule has 13 heavy (non-hydrogen) atoms. The van der Waals surface area contributed by atoms with Gasteiger partial charge in [0.25, 0.3) is 0 Å². The normalized spacial score (nSPS) is 25.8. The van der Waals surface area contributed by atoms with Gasteiger partial charge in [0.1, 0.15) is 0 Å². The van der Waals surface area contributed by atoms with E-state index in [1.807, 2.05) is 27.7 Å². The second-order valence-corrected chi connectivity index (χ2v) is 5.07. The lowest BCUT2D eigenvalue weighted by molar-refractivity contribution is 0.00144. The Morgan fingerprint density at radius 3 is 1.77 bits per heavy atom. The third-order valence-corrected chi connectivity index (χ3v) is 2.96. The minimum Gasteiger partial charge on any atom is -0.304 e. The van der Waals surface area contributed by atoms with Crippen LogP contribution in [0.5, 0.6) is 0 Å². The quantitative estimate of drug-likeness (QED) is 0.421. The van der Waals surface area contributed by atoms with Gasteiger partial charge in [0, 0.05) is 11.1 Å². The molecule has 0 spiro atoms. The topological polar surface area (TPSA) is 20.3 Å². The summed E-state index contributed by atoms with van der Waals surface area (Å²) in [4.78, 5) is 12.3. The standard InChI is InChI=1S/C10H18FNO/c1-9(2)6-5-7-10(3,4)12(9)8(11)13/h5-7H2,1-4H3. The number of hydrogen-bond donors (Lipinski definition) is 0. The maximum Gasteiger partial charge on any atom is 0.400 e. The number of rotatable bonds is 0. The van der Waals surface area contributed by atoms with Gasteiger partial charge in [-0.3, -0.25) is 0 Å². The smallest absolute Gasteiger partial charge is 0.304 e. The highest BCUT2D eigenvalue weighted by atomic mass is 19.1. The number of carbonyl (C=O) groups excluding carboxylic acids is 1. The maximum atomic E-state index is 12.9. The minimum atomic E-state index is -1.30. The first-order chi connectivity index (χ1) is 5.77. The van der Waals surface area contributed by atoms with Crippen LogP contribution in [0.1, 0.15) is 47.0 Å². The van der Waals surface area contributed by atoms with E-state index in [9.17, 15) is 9.18 Å². The van der Waals surface area contributed by atoms with Crippen molar-refractivity contribution in [3.05, 3.63) is 0 Å². The molecule has 0 aromatic rings. The van der Waals surface area contributed by atoms with Gasteiger partial charge in [-0.1, -0.05) is 0 Å². The van der Waals surface area contributed by atoms with Gasteiger partial charge in [-0.25, -0.2) is 4.79 Å². The van der Waals surface area contributed by atoms with Crippen LogP contribution in [0.3, 0.4) is 0 Å². The molecule has 1 rings (SSSR count). The Bertz CT molecular complexity index is 207. The highest BCUT2D eigenvalue weighted by Gasteiger charge is 2.44. The van der Waals surface area contributed by atoms with E-state index in [2.05, 4.69) is 0 Å². The summed E-state index contributed by atoms with van der Waals surface area (Å²) in [6, 6.07) is 0. The van der Waals surface area contributed by atoms with Gasteiger partial charge in [0.05, 0.1) is 0 Å². The van der Waals surface area contributed by atoms with Crippen LogP contribution in [0, 0.1) is 0 Å². The molecule has 0 unspecified atom stereocenters. The number of nitrogens with zero attached hydrogens (tertiary/aromatic N) is 1. The van der Waals surface area contributed by atoms with Crippen LogP contribution < -0.4 is 0 Å². The molecule has 0 aliphatic carbocycles. The summed E-state index contributed by atoms with van der Waals surface area (Å²) < 4.78 is 12.9. The average Bonchev–Trinajstić information content (AvgIpc) is 1.79. The molecule has 0 aromatic carbocycles. The van der Waals surface area contributed by atoms with Crippen LogP contribution in [-0.2, 0) is 0 Å². The molecule has 1 aliphatic heterocycles. The lowest BCUT2D eigenvalue weighted by Gasteiger charge is -2.51. The van der Waals surface area contributed by atoms with Crippen molar-refractivity contribution in [2.75, 3.05) is 0 Å². The summed E-state index contributed by atoms with van der Waals surface area (Å²) in [5.74, 6) is 0. The number of amides is 1. The van der Waals surface area contributed by atoms with Crippen molar-refractivity contribution in [3.63, 3.8) is 0 Å². The zero-order valence-corrected chi connectivity index (χ0v) is 8.85. The molecule has 0 radical (unpaired) electrons. The molecule has 0 atom stereocenters. The molecule has 1 saturated heterocycles. The Morgan fingerprint density at radius 1 is 1.15 bits per heavy atom. The molecular formula is C10H18FNO. The largest absolute Gasteiger partial charge is 0.400 e. The average molecular weight is 187 g/mol. The van der Waals surface area contributed by atoms with Crippen LogP contribution in [0.15, 0.2) is 0 Å². The molecular weight excluding hydrogens is 169 g/mol. The second-order valence-electron chi connectivity index (χ2n) is 5.07. The molecule has 76 valence electrons. The predicted molar refractivity (Wildman–Crippen MR) is 50.4 cm³/mol. The lowest BCUT2D eigenvalue weighted by atomic mass is 9.80. The van der Waals surface area contributed by atoms with E-state index in [0.29, 0.717) is 0 Å². The molecule has 1 amide bonds. The van der Waals surface area contributed by atoms with Crippen molar-refractivity contribution in [1.82, 2.24) is 4.90 Å². The van der Waals surface area contributed by atoms with E-state index in [4.69, 9.17) is 0 Å². The molecule has 1 aliphatic rings. The van der Waals surface area contributed by atoms with E-state index in [-0.39, 0.29) is 11.1 Å². The van der Waals surface area contributed by atoms with Gasteiger partial charge in [-0.2, -0.15) is 0 Å². The van der Waals surface area contributed by atoms with Gasteiger partial charge in [-0.15, -0.1) is 4.39 Å². The fraction of sp³-hybridized carbons (Fsp3) is 0.900. The summed E-state index contributed by atoms with van der Waals surface area (Å²) in [7, 11) is 0. The van der Waals surface area contributed by atoms with Crippen LogP contribution in [0.2, 0.25) is 0 Å². The molecule has 0 N–H and O–H groups in total. The Labute approximate surface area is 79.1 Å². The van der Waals surface area contributed by atoms with Crippen molar-refractivity contribution in [3.8, 4) is 0 Å². The third-order valence-electron chi connectivity index (χ3n) is 2.96. The number of halogens is 1. The second kappa shape index (κ2) is 2.96. The van der Waals surface area contributed by atoms with Crippen molar-refractivity contribution in [2.24, 2.45) is 0 Å². The van der Waals surface area contributed by atoms with Crippen LogP contribution in [0.25, 0.3) is 0 Å². The van der Waals surface area contributed by atoms with E-state index in [1.54, 1.807) is 0 Å². The Morgan fingerprint density at radius 2 is 1.54 bits per heavy atom. The zero-order chi connectivity index (χ0) is 10.3. The predicted octanol–water partition coefficient (Wildman–Crippen LogP) is 3.12. The molecule has 3 heteroatoms. The van der Waals surface area contributed by atoms with Crippen LogP contribution >= 0.6 is 0 Å². The van der Waals surface area contributed by atoms with Crippen molar-refractivity contribution in [1.29, 1.82) is 0 Å². The van der Waals surface area contributed by atoms with Gasteiger partial charge >= 0.3 is 6.16 Å². The summed E-state index contributed by atoms with van der Waals surface area (Å²) in [6.45, 7) is 7.69. The fourth-order valence-corrected chi connectivity index (χ4v) is 2.47. The molecule has 0 bridgehead atoms. The van der Waals surface area contributed by atoms with Gasteiger partial charge in [0.2, 0.25) is 0 Å².